The molecule has 6 heteroatoms. The Hall–Kier alpha value is -2.11. The summed E-state index contributed by atoms with van der Waals surface area (Å²) in [7, 11) is 1.64. The van der Waals surface area contributed by atoms with Crippen LogP contribution in [-0.2, 0) is 6.54 Å². The molecule has 2 fully saturated rings. The van der Waals surface area contributed by atoms with Gasteiger partial charge in [-0.1, -0.05) is 0 Å². The van der Waals surface area contributed by atoms with Crippen LogP contribution in [0.15, 0.2) is 24.7 Å². The van der Waals surface area contributed by atoms with Crippen molar-refractivity contribution in [3.8, 4) is 5.88 Å². The monoisotopic (exact) mass is 313 g/mol. The average molecular weight is 313 g/mol. The minimum Gasteiger partial charge on any atom is -0.481 e. The van der Waals surface area contributed by atoms with Gasteiger partial charge in [0, 0.05) is 50.2 Å². The van der Waals surface area contributed by atoms with Crippen molar-refractivity contribution in [2.45, 2.75) is 38.1 Å². The molecule has 0 unspecified atom stereocenters. The van der Waals surface area contributed by atoms with Crippen LogP contribution in [0.5, 0.6) is 5.88 Å². The van der Waals surface area contributed by atoms with Gasteiger partial charge in [-0.15, -0.1) is 0 Å². The molecule has 2 aromatic rings. The van der Waals surface area contributed by atoms with Crippen LogP contribution in [0.25, 0.3) is 0 Å². The molecular weight excluding hydrogens is 290 g/mol. The molecule has 1 atom stereocenters. The topological polar surface area (TPSA) is 56.1 Å². The third-order valence-corrected chi connectivity index (χ3v) is 4.80. The maximum Gasteiger partial charge on any atom is 0.228 e. The van der Waals surface area contributed by atoms with Gasteiger partial charge in [-0.05, 0) is 31.6 Å². The summed E-state index contributed by atoms with van der Waals surface area (Å²) < 4.78 is 7.58. The third-order valence-electron chi connectivity index (χ3n) is 4.80. The Morgan fingerprint density at radius 2 is 2.13 bits per heavy atom. The highest BCUT2D eigenvalue weighted by atomic mass is 16.5. The smallest absolute Gasteiger partial charge is 0.228 e. The molecule has 1 saturated heterocycles. The van der Waals surface area contributed by atoms with Gasteiger partial charge in [0.2, 0.25) is 11.8 Å². The molecule has 0 amide bonds. The molecule has 2 aromatic heterocycles. The molecule has 0 radical (unpaired) electrons. The predicted molar refractivity (Wildman–Crippen MR) is 87.7 cm³/mol. The summed E-state index contributed by atoms with van der Waals surface area (Å²) >= 11 is 0. The zero-order valence-electron chi connectivity index (χ0n) is 13.6. The largest absolute Gasteiger partial charge is 0.481 e. The Kier molecular flexibility index (Phi) is 3.89. The van der Waals surface area contributed by atoms with Gasteiger partial charge < -0.3 is 14.2 Å². The second-order valence-corrected chi connectivity index (χ2v) is 6.57. The second kappa shape index (κ2) is 6.18. The van der Waals surface area contributed by atoms with Crippen molar-refractivity contribution in [3.05, 3.63) is 30.5 Å². The number of aromatic nitrogens is 4. The van der Waals surface area contributed by atoms with Gasteiger partial charge in [-0.25, -0.2) is 9.97 Å². The van der Waals surface area contributed by atoms with Crippen LogP contribution in [0.3, 0.4) is 0 Å². The van der Waals surface area contributed by atoms with Gasteiger partial charge in [0.05, 0.1) is 7.11 Å². The van der Waals surface area contributed by atoms with E-state index in [4.69, 9.17) is 4.74 Å². The molecular formula is C17H23N5O. The number of nitrogens with zero attached hydrogens (tertiary/aromatic N) is 5. The molecule has 1 saturated carbocycles. The highest BCUT2D eigenvalue weighted by molar-refractivity contribution is 5.33. The van der Waals surface area contributed by atoms with Crippen LogP contribution in [0.4, 0.5) is 5.95 Å². The van der Waals surface area contributed by atoms with Crippen LogP contribution >= 0.6 is 0 Å². The summed E-state index contributed by atoms with van der Waals surface area (Å²) in [5.41, 5.74) is 0. The predicted octanol–water partition coefficient (Wildman–Crippen LogP) is 2.48. The number of imidazole rings is 1. The summed E-state index contributed by atoms with van der Waals surface area (Å²) in [6.07, 6.45) is 10.9. The summed E-state index contributed by atoms with van der Waals surface area (Å²) in [6, 6.07) is 1.78. The maximum absolute atomic E-state index is 5.22. The number of ether oxygens (including phenoxy) is 1. The highest BCUT2D eigenvalue weighted by Gasteiger charge is 2.28. The molecule has 2 aliphatic rings. The van der Waals surface area contributed by atoms with Crippen LogP contribution in [0.2, 0.25) is 0 Å². The number of methoxy groups -OCH3 is 1. The minimum absolute atomic E-state index is 0.451. The Morgan fingerprint density at radius 1 is 1.22 bits per heavy atom. The minimum atomic E-state index is 0.451. The van der Waals surface area contributed by atoms with Crippen molar-refractivity contribution < 1.29 is 4.74 Å². The van der Waals surface area contributed by atoms with Crippen LogP contribution in [0.1, 0.15) is 37.4 Å². The van der Waals surface area contributed by atoms with Gasteiger partial charge in [0.1, 0.15) is 5.82 Å². The zero-order valence-corrected chi connectivity index (χ0v) is 13.6. The van der Waals surface area contributed by atoms with Crippen molar-refractivity contribution in [1.29, 1.82) is 0 Å². The summed E-state index contributed by atoms with van der Waals surface area (Å²) in [5.74, 6) is 3.92. The first-order valence-corrected chi connectivity index (χ1v) is 8.46. The number of piperidine rings is 1. The Balaban J connectivity index is 1.51. The highest BCUT2D eigenvalue weighted by Crippen LogP contribution is 2.33. The normalized spacial score (nSPS) is 21.4. The fraction of sp³-hybridized carbons (Fsp3) is 0.588. The first-order valence-electron chi connectivity index (χ1n) is 8.46. The lowest BCUT2D eigenvalue weighted by Gasteiger charge is -2.32. The van der Waals surface area contributed by atoms with Crippen molar-refractivity contribution in [2.75, 3.05) is 25.1 Å². The Bertz CT molecular complexity index is 667. The number of hydrogen-bond donors (Lipinski definition) is 0. The van der Waals surface area contributed by atoms with E-state index in [9.17, 15) is 0 Å². The first kappa shape index (κ1) is 14.5. The Morgan fingerprint density at radius 3 is 2.96 bits per heavy atom. The van der Waals surface area contributed by atoms with E-state index in [-0.39, 0.29) is 0 Å². The molecule has 6 nitrogen and oxygen atoms in total. The van der Waals surface area contributed by atoms with E-state index in [0.29, 0.717) is 11.8 Å². The van der Waals surface area contributed by atoms with Crippen LogP contribution < -0.4 is 9.64 Å². The van der Waals surface area contributed by atoms with Gasteiger partial charge in [0.15, 0.2) is 0 Å². The van der Waals surface area contributed by atoms with Crippen molar-refractivity contribution in [1.82, 2.24) is 19.5 Å². The maximum atomic E-state index is 5.22. The van der Waals surface area contributed by atoms with E-state index in [1.807, 2.05) is 6.20 Å². The zero-order chi connectivity index (χ0) is 15.6. The molecule has 122 valence electrons. The number of anilines is 1. The van der Waals surface area contributed by atoms with E-state index < -0.39 is 0 Å². The summed E-state index contributed by atoms with van der Waals surface area (Å²) in [4.78, 5) is 15.8. The fourth-order valence-electron chi connectivity index (χ4n) is 3.38. The van der Waals surface area contributed by atoms with Gasteiger partial charge in [0.25, 0.3) is 0 Å². The van der Waals surface area contributed by atoms with E-state index >= 15 is 0 Å². The summed E-state index contributed by atoms with van der Waals surface area (Å²) in [6.45, 7) is 3.04. The molecule has 4 rings (SSSR count). The van der Waals surface area contributed by atoms with Crippen molar-refractivity contribution in [3.63, 3.8) is 0 Å². The van der Waals surface area contributed by atoms with Gasteiger partial charge in [-0.2, -0.15) is 4.98 Å². The lowest BCUT2D eigenvalue weighted by Crippen LogP contribution is -2.36. The van der Waals surface area contributed by atoms with Crippen molar-refractivity contribution in [2.24, 2.45) is 5.92 Å². The van der Waals surface area contributed by atoms with E-state index in [0.717, 1.165) is 37.9 Å². The summed E-state index contributed by atoms with van der Waals surface area (Å²) in [5, 5.41) is 0. The second-order valence-electron chi connectivity index (χ2n) is 6.57. The number of rotatable bonds is 5. The molecule has 3 heterocycles. The molecule has 0 N–H and O–H groups in total. The standard InChI is InChI=1S/C17H23N5O/c1-23-15-6-7-19-17(20-15)22-9-2-3-14(12-22)16-18-8-10-21(16)11-13-4-5-13/h6-8,10,13-14H,2-5,9,11-12H2,1H3/t14-/m1/s1. The quantitative estimate of drug-likeness (QED) is 0.849. The lowest BCUT2D eigenvalue weighted by atomic mass is 9.97. The van der Waals surface area contributed by atoms with E-state index in [1.54, 1.807) is 19.4 Å². The fourth-order valence-corrected chi connectivity index (χ4v) is 3.38. The average Bonchev–Trinajstić information content (AvgIpc) is 3.30. The van der Waals surface area contributed by atoms with E-state index in [2.05, 4.69) is 30.6 Å². The Labute approximate surface area is 136 Å². The SMILES string of the molecule is COc1ccnc(N2CCC[C@@H](c3nccn3CC3CC3)C2)n1. The van der Waals surface area contributed by atoms with E-state index in [1.165, 1.54) is 25.1 Å². The van der Waals surface area contributed by atoms with Crippen molar-refractivity contribution >= 4 is 5.95 Å². The number of hydrogen-bond acceptors (Lipinski definition) is 5. The first-order chi connectivity index (χ1) is 11.3. The van der Waals surface area contributed by atoms with Gasteiger partial charge in [-0.3, -0.25) is 0 Å². The molecule has 0 bridgehead atoms. The molecule has 0 spiro atoms. The molecule has 0 aromatic carbocycles. The molecule has 23 heavy (non-hydrogen) atoms. The molecule has 1 aliphatic heterocycles. The van der Waals surface area contributed by atoms with Crippen LogP contribution in [-0.4, -0.2) is 39.7 Å². The lowest BCUT2D eigenvalue weighted by molar-refractivity contribution is 0.395. The molecule has 1 aliphatic carbocycles. The van der Waals surface area contributed by atoms with Gasteiger partial charge >= 0.3 is 0 Å². The third kappa shape index (κ3) is 3.16. The van der Waals surface area contributed by atoms with Crippen LogP contribution in [0, 0.1) is 5.92 Å².